The molecule has 5 rings (SSSR count). The molecule has 0 amide bonds. The molecule has 1 aliphatic heterocycles. The maximum absolute atomic E-state index is 9.94. The van der Waals surface area contributed by atoms with E-state index in [9.17, 15) is 5.11 Å². The first-order valence-electron chi connectivity index (χ1n) is 9.32. The van der Waals surface area contributed by atoms with Crippen LogP contribution in [0.2, 0.25) is 0 Å². The first-order chi connectivity index (χ1) is 13.3. The average molecular weight is 355 g/mol. The molecule has 0 aliphatic carbocycles. The van der Waals surface area contributed by atoms with Crippen LogP contribution in [0.25, 0.3) is 10.9 Å². The van der Waals surface area contributed by atoms with Crippen molar-refractivity contribution in [3.63, 3.8) is 0 Å². The third-order valence-electron chi connectivity index (χ3n) is 5.41. The van der Waals surface area contributed by atoms with Gasteiger partial charge in [-0.15, -0.1) is 0 Å². The first kappa shape index (κ1) is 16.1. The molecule has 2 aromatic carbocycles. The van der Waals surface area contributed by atoms with E-state index in [1.165, 1.54) is 16.8 Å². The van der Waals surface area contributed by atoms with Crippen molar-refractivity contribution in [2.24, 2.45) is 0 Å². The highest BCUT2D eigenvalue weighted by molar-refractivity contribution is 5.86. The second-order valence-electron chi connectivity index (χ2n) is 7.11. The number of aromatic amines is 1. The van der Waals surface area contributed by atoms with Crippen molar-refractivity contribution in [3.8, 4) is 5.75 Å². The smallest absolute Gasteiger partial charge is 0.116 e. The van der Waals surface area contributed by atoms with Gasteiger partial charge in [-0.2, -0.15) is 0 Å². The first-order valence-corrected chi connectivity index (χ1v) is 9.32. The molecule has 4 heteroatoms. The van der Waals surface area contributed by atoms with Crippen molar-refractivity contribution >= 4 is 10.9 Å². The average Bonchev–Trinajstić information content (AvgIpc) is 3.07. The predicted octanol–water partition coefficient (Wildman–Crippen LogP) is 4.42. The van der Waals surface area contributed by atoms with Gasteiger partial charge in [-0.25, -0.2) is 0 Å². The quantitative estimate of drug-likeness (QED) is 0.572. The van der Waals surface area contributed by atoms with E-state index in [1.54, 1.807) is 6.07 Å². The summed E-state index contributed by atoms with van der Waals surface area (Å²) in [5.41, 5.74) is 5.90. The Morgan fingerprint density at radius 1 is 1.04 bits per heavy atom. The van der Waals surface area contributed by atoms with Crippen LogP contribution >= 0.6 is 0 Å². The van der Waals surface area contributed by atoms with Gasteiger partial charge in [0.15, 0.2) is 0 Å². The van der Waals surface area contributed by atoms with E-state index in [-0.39, 0.29) is 6.04 Å². The normalized spacial score (nSPS) is 17.1. The topological polar surface area (TPSA) is 52.1 Å². The summed E-state index contributed by atoms with van der Waals surface area (Å²) in [7, 11) is 0. The zero-order chi connectivity index (χ0) is 18.2. The molecule has 1 unspecified atom stereocenters. The van der Waals surface area contributed by atoms with Crippen LogP contribution in [-0.2, 0) is 13.0 Å². The van der Waals surface area contributed by atoms with Crippen LogP contribution in [0.4, 0.5) is 0 Å². The molecule has 0 fully saturated rings. The van der Waals surface area contributed by atoms with Crippen LogP contribution < -0.4 is 0 Å². The number of hydrogen-bond donors (Lipinski definition) is 2. The van der Waals surface area contributed by atoms with Gasteiger partial charge < -0.3 is 10.1 Å². The number of rotatable bonds is 3. The van der Waals surface area contributed by atoms with E-state index >= 15 is 0 Å². The van der Waals surface area contributed by atoms with Crippen LogP contribution in [0.5, 0.6) is 5.75 Å². The zero-order valence-electron chi connectivity index (χ0n) is 15.0. The largest absolute Gasteiger partial charge is 0.508 e. The number of aromatic hydroxyl groups is 1. The summed E-state index contributed by atoms with van der Waals surface area (Å²) in [6.45, 7) is 1.83. The molecule has 0 saturated carbocycles. The van der Waals surface area contributed by atoms with Crippen LogP contribution in [0, 0.1) is 0 Å². The minimum Gasteiger partial charge on any atom is -0.508 e. The monoisotopic (exact) mass is 355 g/mol. The lowest BCUT2D eigenvalue weighted by Crippen LogP contribution is -2.36. The summed E-state index contributed by atoms with van der Waals surface area (Å²) in [5.74, 6) is 0.311. The molecule has 4 nitrogen and oxygen atoms in total. The number of nitrogens with zero attached hydrogens (tertiary/aromatic N) is 2. The van der Waals surface area contributed by atoms with Gasteiger partial charge in [0, 0.05) is 35.9 Å². The molecule has 4 aromatic rings. The Labute approximate surface area is 158 Å². The number of phenolic OH excluding ortho intramolecular Hbond substituents is 1. The summed E-state index contributed by atoms with van der Waals surface area (Å²) in [5, 5.41) is 11.1. The number of H-pyrrole nitrogens is 1. The van der Waals surface area contributed by atoms with E-state index in [4.69, 9.17) is 0 Å². The molecule has 2 N–H and O–H groups in total. The Balaban J connectivity index is 1.63. The maximum atomic E-state index is 9.94. The number of fused-ring (bicyclic) bond motifs is 3. The van der Waals surface area contributed by atoms with Gasteiger partial charge >= 0.3 is 0 Å². The molecule has 0 spiro atoms. The highest BCUT2D eigenvalue weighted by atomic mass is 16.3. The third-order valence-corrected chi connectivity index (χ3v) is 5.41. The molecule has 3 heterocycles. The second kappa shape index (κ2) is 6.56. The van der Waals surface area contributed by atoms with Gasteiger partial charge in [-0.05, 0) is 47.9 Å². The van der Waals surface area contributed by atoms with Crippen molar-refractivity contribution in [3.05, 3.63) is 95.4 Å². The maximum Gasteiger partial charge on any atom is 0.116 e. The highest BCUT2D eigenvalue weighted by Gasteiger charge is 2.32. The van der Waals surface area contributed by atoms with Crippen LogP contribution in [-0.4, -0.2) is 26.5 Å². The number of pyridine rings is 1. The van der Waals surface area contributed by atoms with Gasteiger partial charge in [0.1, 0.15) is 5.75 Å². The van der Waals surface area contributed by atoms with Gasteiger partial charge in [-0.1, -0.05) is 36.4 Å². The fraction of sp³-hybridized carbons (Fsp3) is 0.174. The fourth-order valence-electron chi connectivity index (χ4n) is 4.19. The Bertz CT molecular complexity index is 1070. The number of phenols is 1. The van der Waals surface area contributed by atoms with Crippen LogP contribution in [0.1, 0.15) is 28.6 Å². The number of benzene rings is 2. The molecule has 0 bridgehead atoms. The molecule has 2 aromatic heterocycles. The molecular weight excluding hydrogens is 334 g/mol. The number of aromatic nitrogens is 2. The van der Waals surface area contributed by atoms with Crippen molar-refractivity contribution < 1.29 is 5.11 Å². The van der Waals surface area contributed by atoms with Gasteiger partial charge in [0.2, 0.25) is 0 Å². The summed E-state index contributed by atoms with van der Waals surface area (Å²) in [6.07, 6.45) is 2.81. The molecule has 134 valence electrons. The molecule has 1 atom stereocenters. The van der Waals surface area contributed by atoms with Crippen molar-refractivity contribution in [2.75, 3.05) is 6.54 Å². The molecule has 0 saturated heterocycles. The third kappa shape index (κ3) is 2.88. The summed E-state index contributed by atoms with van der Waals surface area (Å²) >= 11 is 0. The van der Waals surface area contributed by atoms with E-state index in [2.05, 4.69) is 51.3 Å². The lowest BCUT2D eigenvalue weighted by molar-refractivity contribution is 0.198. The second-order valence-corrected chi connectivity index (χ2v) is 7.11. The van der Waals surface area contributed by atoms with Crippen molar-refractivity contribution in [2.45, 2.75) is 19.0 Å². The molecule has 0 radical (unpaired) electrons. The molecule has 1 aliphatic rings. The fourth-order valence-corrected chi connectivity index (χ4v) is 4.19. The summed E-state index contributed by atoms with van der Waals surface area (Å²) in [6, 6.07) is 22.3. The highest BCUT2D eigenvalue weighted by Crippen LogP contribution is 2.39. The Hall–Kier alpha value is -3.11. The SMILES string of the molecule is Oc1ccc2[nH]c3c(c2c1)CCN(Cc1ccccc1)C3c1ccccn1. The zero-order valence-corrected chi connectivity index (χ0v) is 15.0. The minimum atomic E-state index is 0.0738. The Morgan fingerprint density at radius 3 is 2.70 bits per heavy atom. The predicted molar refractivity (Wildman–Crippen MR) is 107 cm³/mol. The lowest BCUT2D eigenvalue weighted by atomic mass is 9.94. The van der Waals surface area contributed by atoms with E-state index < -0.39 is 0 Å². The minimum absolute atomic E-state index is 0.0738. The van der Waals surface area contributed by atoms with E-state index in [0.717, 1.165) is 36.1 Å². The van der Waals surface area contributed by atoms with E-state index in [1.807, 2.05) is 30.5 Å². The summed E-state index contributed by atoms with van der Waals surface area (Å²) < 4.78 is 0. The number of hydrogen-bond acceptors (Lipinski definition) is 3. The van der Waals surface area contributed by atoms with Gasteiger partial charge in [0.25, 0.3) is 0 Å². The van der Waals surface area contributed by atoms with Crippen LogP contribution in [0.3, 0.4) is 0 Å². The van der Waals surface area contributed by atoms with Crippen molar-refractivity contribution in [1.29, 1.82) is 0 Å². The van der Waals surface area contributed by atoms with Gasteiger partial charge in [-0.3, -0.25) is 9.88 Å². The molecular formula is C23H21N3O. The van der Waals surface area contributed by atoms with Crippen LogP contribution in [0.15, 0.2) is 72.9 Å². The number of nitrogens with one attached hydrogen (secondary N) is 1. The molecule has 27 heavy (non-hydrogen) atoms. The van der Waals surface area contributed by atoms with E-state index in [0.29, 0.717) is 5.75 Å². The lowest BCUT2D eigenvalue weighted by Gasteiger charge is -2.35. The Morgan fingerprint density at radius 2 is 1.89 bits per heavy atom. The standard InChI is InChI=1S/C23H21N3O/c27-17-9-10-20-19(14-17)18-11-13-26(15-16-6-2-1-3-7-16)23(22(18)25-20)21-8-4-5-12-24-21/h1-10,12,14,23,25,27H,11,13,15H2. The van der Waals surface area contributed by atoms with Crippen molar-refractivity contribution in [1.82, 2.24) is 14.9 Å². The summed E-state index contributed by atoms with van der Waals surface area (Å²) in [4.78, 5) is 10.8. The Kier molecular flexibility index (Phi) is 3.91. The van der Waals surface area contributed by atoms with Gasteiger partial charge in [0.05, 0.1) is 11.7 Å².